The molecule has 0 saturated heterocycles. The number of nitrogens with zero attached hydrogens (tertiary/aromatic N) is 2. The smallest absolute Gasteiger partial charge is 0.259 e. The SMILES string of the molecule is COc1cccc2c1C(=O)N(C)C2C#N. The molecule has 0 radical (unpaired) electrons. The number of nitriles is 1. The Morgan fingerprint density at radius 2 is 2.27 bits per heavy atom. The van der Waals surface area contributed by atoms with Crippen molar-refractivity contribution in [3.8, 4) is 11.8 Å². The van der Waals surface area contributed by atoms with Crippen LogP contribution in [0.2, 0.25) is 0 Å². The number of benzene rings is 1. The Balaban J connectivity index is 2.65. The van der Waals surface area contributed by atoms with E-state index >= 15 is 0 Å². The first-order chi connectivity index (χ1) is 7.20. The van der Waals surface area contributed by atoms with Gasteiger partial charge < -0.3 is 9.64 Å². The number of hydrogen-bond donors (Lipinski definition) is 0. The Hall–Kier alpha value is -2.02. The molecule has 1 aliphatic rings. The van der Waals surface area contributed by atoms with E-state index in [9.17, 15) is 4.79 Å². The van der Waals surface area contributed by atoms with Crippen LogP contribution in [-0.2, 0) is 0 Å². The van der Waals surface area contributed by atoms with Crippen LogP contribution in [-0.4, -0.2) is 25.0 Å². The van der Waals surface area contributed by atoms with E-state index in [1.807, 2.05) is 0 Å². The number of rotatable bonds is 1. The maximum Gasteiger partial charge on any atom is 0.259 e. The molecule has 1 atom stereocenters. The fourth-order valence-corrected chi connectivity index (χ4v) is 1.83. The fourth-order valence-electron chi connectivity index (χ4n) is 1.83. The molecule has 4 heteroatoms. The largest absolute Gasteiger partial charge is 0.496 e. The maximum atomic E-state index is 11.8. The van der Waals surface area contributed by atoms with Gasteiger partial charge in [-0.3, -0.25) is 4.79 Å². The lowest BCUT2D eigenvalue weighted by atomic mass is 10.0. The summed E-state index contributed by atoms with van der Waals surface area (Å²) in [6.45, 7) is 0. The average molecular weight is 202 g/mol. The first kappa shape index (κ1) is 9.53. The van der Waals surface area contributed by atoms with Gasteiger partial charge in [-0.05, 0) is 6.07 Å². The number of amides is 1. The summed E-state index contributed by atoms with van der Waals surface area (Å²) in [5.41, 5.74) is 1.23. The molecule has 0 saturated carbocycles. The van der Waals surface area contributed by atoms with Gasteiger partial charge in [-0.1, -0.05) is 12.1 Å². The van der Waals surface area contributed by atoms with E-state index in [0.29, 0.717) is 11.3 Å². The zero-order valence-corrected chi connectivity index (χ0v) is 8.52. The lowest BCUT2D eigenvalue weighted by molar-refractivity contribution is 0.0797. The highest BCUT2D eigenvalue weighted by Crippen LogP contribution is 2.36. The van der Waals surface area contributed by atoms with Crippen molar-refractivity contribution < 1.29 is 9.53 Å². The minimum atomic E-state index is -0.498. The summed E-state index contributed by atoms with van der Waals surface area (Å²) in [6.07, 6.45) is 0. The van der Waals surface area contributed by atoms with Gasteiger partial charge in [0.05, 0.1) is 18.7 Å². The zero-order chi connectivity index (χ0) is 11.0. The molecule has 76 valence electrons. The first-order valence-electron chi connectivity index (χ1n) is 4.54. The van der Waals surface area contributed by atoms with Crippen LogP contribution < -0.4 is 4.74 Å². The normalized spacial score (nSPS) is 18.6. The minimum absolute atomic E-state index is 0.158. The van der Waals surface area contributed by atoms with Crippen molar-refractivity contribution in [2.24, 2.45) is 0 Å². The Morgan fingerprint density at radius 3 is 2.87 bits per heavy atom. The molecule has 0 N–H and O–H groups in total. The second kappa shape index (κ2) is 3.28. The van der Waals surface area contributed by atoms with E-state index < -0.39 is 6.04 Å². The molecule has 1 aromatic carbocycles. The highest BCUT2D eigenvalue weighted by atomic mass is 16.5. The molecule has 2 rings (SSSR count). The molecule has 4 nitrogen and oxygen atoms in total. The summed E-state index contributed by atoms with van der Waals surface area (Å²) < 4.78 is 5.11. The van der Waals surface area contributed by atoms with Gasteiger partial charge >= 0.3 is 0 Å². The summed E-state index contributed by atoms with van der Waals surface area (Å²) in [6, 6.07) is 6.90. The Kier molecular flexibility index (Phi) is 2.09. The lowest BCUT2D eigenvalue weighted by Crippen LogP contribution is -2.22. The van der Waals surface area contributed by atoms with Crippen LogP contribution in [0.15, 0.2) is 18.2 Å². The Bertz CT molecular complexity index is 462. The van der Waals surface area contributed by atoms with E-state index in [1.165, 1.54) is 12.0 Å². The van der Waals surface area contributed by atoms with Crippen LogP contribution in [0.4, 0.5) is 0 Å². The van der Waals surface area contributed by atoms with Crippen molar-refractivity contribution in [3.63, 3.8) is 0 Å². The third-order valence-corrected chi connectivity index (χ3v) is 2.62. The molecular weight excluding hydrogens is 192 g/mol. The first-order valence-corrected chi connectivity index (χ1v) is 4.54. The molecular formula is C11H10N2O2. The minimum Gasteiger partial charge on any atom is -0.496 e. The fraction of sp³-hybridized carbons (Fsp3) is 0.273. The van der Waals surface area contributed by atoms with Crippen LogP contribution in [0.3, 0.4) is 0 Å². The molecule has 0 aliphatic carbocycles. The van der Waals surface area contributed by atoms with Crippen LogP contribution in [0.1, 0.15) is 22.0 Å². The standard InChI is InChI=1S/C11H10N2O2/c1-13-8(6-12)7-4-3-5-9(15-2)10(7)11(13)14/h3-5,8H,1-2H3. The van der Waals surface area contributed by atoms with Crippen molar-refractivity contribution in [3.05, 3.63) is 29.3 Å². The number of carbonyl (C=O) groups is 1. The number of ether oxygens (including phenoxy) is 1. The molecule has 1 aliphatic heterocycles. The molecule has 1 heterocycles. The highest BCUT2D eigenvalue weighted by Gasteiger charge is 2.36. The molecule has 0 spiro atoms. The highest BCUT2D eigenvalue weighted by molar-refractivity contribution is 6.02. The summed E-state index contributed by atoms with van der Waals surface area (Å²) in [4.78, 5) is 13.3. The summed E-state index contributed by atoms with van der Waals surface area (Å²) >= 11 is 0. The van der Waals surface area contributed by atoms with Gasteiger partial charge in [0.2, 0.25) is 0 Å². The van der Waals surface area contributed by atoms with Crippen molar-refractivity contribution in [2.75, 3.05) is 14.2 Å². The van der Waals surface area contributed by atoms with E-state index in [0.717, 1.165) is 5.56 Å². The third kappa shape index (κ3) is 1.17. The quantitative estimate of drug-likeness (QED) is 0.690. The van der Waals surface area contributed by atoms with Gasteiger partial charge in [0.15, 0.2) is 0 Å². The summed E-state index contributed by atoms with van der Waals surface area (Å²) in [5, 5.41) is 8.98. The van der Waals surface area contributed by atoms with Crippen molar-refractivity contribution in [1.29, 1.82) is 5.26 Å². The molecule has 0 aromatic heterocycles. The molecule has 15 heavy (non-hydrogen) atoms. The second-order valence-corrected chi connectivity index (χ2v) is 3.37. The summed E-state index contributed by atoms with van der Waals surface area (Å²) in [5.74, 6) is 0.371. The van der Waals surface area contributed by atoms with Crippen molar-refractivity contribution in [1.82, 2.24) is 4.90 Å². The Labute approximate surface area is 87.7 Å². The molecule has 1 aromatic rings. The topological polar surface area (TPSA) is 53.3 Å². The molecule has 1 unspecified atom stereocenters. The average Bonchev–Trinajstić information content (AvgIpc) is 2.51. The summed E-state index contributed by atoms with van der Waals surface area (Å²) in [7, 11) is 3.14. The third-order valence-electron chi connectivity index (χ3n) is 2.62. The second-order valence-electron chi connectivity index (χ2n) is 3.37. The predicted octanol–water partition coefficient (Wildman–Crippen LogP) is 1.35. The van der Waals surface area contributed by atoms with E-state index in [-0.39, 0.29) is 5.91 Å². The van der Waals surface area contributed by atoms with Gasteiger partial charge in [0.1, 0.15) is 11.8 Å². The molecule has 0 bridgehead atoms. The number of hydrogen-bond acceptors (Lipinski definition) is 3. The van der Waals surface area contributed by atoms with Crippen LogP contribution in [0.5, 0.6) is 5.75 Å². The van der Waals surface area contributed by atoms with Crippen LogP contribution in [0, 0.1) is 11.3 Å². The van der Waals surface area contributed by atoms with Crippen molar-refractivity contribution >= 4 is 5.91 Å². The van der Waals surface area contributed by atoms with Crippen molar-refractivity contribution in [2.45, 2.75) is 6.04 Å². The van der Waals surface area contributed by atoms with Gasteiger partial charge in [-0.15, -0.1) is 0 Å². The van der Waals surface area contributed by atoms with Crippen LogP contribution in [0.25, 0.3) is 0 Å². The number of methoxy groups -OCH3 is 1. The predicted molar refractivity (Wildman–Crippen MR) is 53.4 cm³/mol. The molecule has 1 amide bonds. The van der Waals surface area contributed by atoms with E-state index in [1.54, 1.807) is 25.2 Å². The Morgan fingerprint density at radius 1 is 1.53 bits per heavy atom. The van der Waals surface area contributed by atoms with E-state index in [4.69, 9.17) is 10.00 Å². The lowest BCUT2D eigenvalue weighted by Gasteiger charge is -2.11. The molecule has 0 fully saturated rings. The maximum absolute atomic E-state index is 11.8. The monoisotopic (exact) mass is 202 g/mol. The van der Waals surface area contributed by atoms with Gasteiger partial charge in [0, 0.05) is 12.6 Å². The van der Waals surface area contributed by atoms with Gasteiger partial charge in [0.25, 0.3) is 5.91 Å². The van der Waals surface area contributed by atoms with Gasteiger partial charge in [-0.2, -0.15) is 5.26 Å². The number of fused-ring (bicyclic) bond motifs is 1. The van der Waals surface area contributed by atoms with Crippen LogP contribution >= 0.6 is 0 Å². The number of carbonyl (C=O) groups excluding carboxylic acids is 1. The van der Waals surface area contributed by atoms with E-state index in [2.05, 4.69) is 6.07 Å². The van der Waals surface area contributed by atoms with Gasteiger partial charge in [-0.25, -0.2) is 0 Å². The zero-order valence-electron chi connectivity index (χ0n) is 8.52.